The first kappa shape index (κ1) is 14.6. The minimum absolute atomic E-state index is 0.0639. The summed E-state index contributed by atoms with van der Waals surface area (Å²) in [7, 11) is 0. The molecule has 2 amide bonds. The van der Waals surface area contributed by atoms with Gasteiger partial charge in [0.25, 0.3) is 0 Å². The molecular weight excluding hydrogens is 260 g/mol. The zero-order valence-electron chi connectivity index (χ0n) is 11.4. The van der Waals surface area contributed by atoms with E-state index in [1.165, 1.54) is 0 Å². The van der Waals surface area contributed by atoms with Crippen LogP contribution in [0.5, 0.6) is 0 Å². The van der Waals surface area contributed by atoms with Gasteiger partial charge in [-0.3, -0.25) is 19.9 Å². The van der Waals surface area contributed by atoms with Crippen molar-refractivity contribution in [3.05, 3.63) is 0 Å². The lowest BCUT2D eigenvalue weighted by atomic mass is 10.0. The van der Waals surface area contributed by atoms with Gasteiger partial charge in [-0.2, -0.15) is 0 Å². The van der Waals surface area contributed by atoms with Crippen LogP contribution in [0.4, 0.5) is 0 Å². The first-order valence-corrected chi connectivity index (χ1v) is 6.92. The molecule has 2 rings (SSSR count). The first-order valence-electron chi connectivity index (χ1n) is 6.92. The maximum atomic E-state index is 12.1. The lowest BCUT2D eigenvalue weighted by Crippen LogP contribution is -2.64. The van der Waals surface area contributed by atoms with E-state index in [-0.39, 0.29) is 17.9 Å². The summed E-state index contributed by atoms with van der Waals surface area (Å²) in [5, 5.41) is 12.5. The first-order chi connectivity index (χ1) is 9.49. The van der Waals surface area contributed by atoms with Crippen molar-refractivity contribution in [2.75, 3.05) is 13.1 Å². The number of hydrogen-bond acceptors (Lipinski definition) is 4. The zero-order valence-corrected chi connectivity index (χ0v) is 11.4. The maximum Gasteiger partial charge on any atom is 0.241 e. The van der Waals surface area contributed by atoms with Crippen LogP contribution in [0.15, 0.2) is 0 Å². The average Bonchev–Trinajstić information content (AvgIpc) is 3.19. The number of nitrogens with two attached hydrogens (primary N) is 2. The molecule has 1 aliphatic heterocycles. The third-order valence-corrected chi connectivity index (χ3v) is 3.74. The van der Waals surface area contributed by atoms with Gasteiger partial charge in [-0.05, 0) is 25.7 Å². The molecule has 2 atom stereocenters. The fraction of sp³-hybridized carbons (Fsp3) is 0.750. The van der Waals surface area contributed by atoms with Crippen LogP contribution >= 0.6 is 0 Å². The van der Waals surface area contributed by atoms with Crippen molar-refractivity contribution in [3.63, 3.8) is 0 Å². The third kappa shape index (κ3) is 3.60. The van der Waals surface area contributed by atoms with Crippen LogP contribution in [0, 0.1) is 5.41 Å². The number of primary amides is 1. The highest BCUT2D eigenvalue weighted by atomic mass is 16.2. The summed E-state index contributed by atoms with van der Waals surface area (Å²) < 4.78 is 0. The molecule has 2 aliphatic rings. The number of nitrogens with one attached hydrogen (secondary N) is 3. The van der Waals surface area contributed by atoms with E-state index in [0.717, 1.165) is 19.3 Å². The van der Waals surface area contributed by atoms with Gasteiger partial charge in [-0.1, -0.05) is 0 Å². The normalized spacial score (nSPS) is 26.9. The number of hydrogen-bond donors (Lipinski definition) is 5. The molecule has 0 aromatic rings. The Morgan fingerprint density at radius 3 is 2.70 bits per heavy atom. The zero-order chi connectivity index (χ0) is 14.7. The standard InChI is InChI=1S/C12H22N6O2/c13-10(19)8-6-18(7-3-4-7)9(11(20)17-8)2-1-5-16-12(14)15/h7-9H,1-6H2,(H2,13,19)(H,17,20)(H4,14,15,16)/t8-,9-/m0/s1. The van der Waals surface area contributed by atoms with Crippen molar-refractivity contribution in [3.8, 4) is 0 Å². The molecule has 20 heavy (non-hydrogen) atoms. The van der Waals surface area contributed by atoms with Crippen LogP contribution < -0.4 is 22.1 Å². The Morgan fingerprint density at radius 2 is 2.15 bits per heavy atom. The van der Waals surface area contributed by atoms with Crippen LogP contribution in [-0.4, -0.2) is 53.9 Å². The SMILES string of the molecule is N=C(N)NCCC[C@H]1C(=O)N[C@H](C(N)=O)CN1C1CC1. The number of carbonyl (C=O) groups excluding carboxylic acids is 2. The van der Waals surface area contributed by atoms with Crippen LogP contribution in [-0.2, 0) is 9.59 Å². The molecule has 8 nitrogen and oxygen atoms in total. The molecular formula is C12H22N6O2. The summed E-state index contributed by atoms with van der Waals surface area (Å²) in [5.74, 6) is -0.679. The maximum absolute atomic E-state index is 12.1. The molecule has 1 saturated carbocycles. The molecule has 1 aliphatic carbocycles. The van der Waals surface area contributed by atoms with Gasteiger partial charge in [0.15, 0.2) is 5.96 Å². The second-order valence-corrected chi connectivity index (χ2v) is 5.39. The fourth-order valence-corrected chi connectivity index (χ4v) is 2.59. The molecule has 0 radical (unpaired) electrons. The summed E-state index contributed by atoms with van der Waals surface area (Å²) in [6, 6.07) is -0.407. The van der Waals surface area contributed by atoms with Gasteiger partial charge in [0.1, 0.15) is 6.04 Å². The Labute approximate surface area is 117 Å². The van der Waals surface area contributed by atoms with Crippen LogP contribution in [0.1, 0.15) is 25.7 Å². The molecule has 0 spiro atoms. The van der Waals surface area contributed by atoms with Gasteiger partial charge in [0.05, 0.1) is 6.04 Å². The van der Waals surface area contributed by atoms with Crippen LogP contribution in [0.3, 0.4) is 0 Å². The summed E-state index contributed by atoms with van der Waals surface area (Å²) >= 11 is 0. The van der Waals surface area contributed by atoms with E-state index in [2.05, 4.69) is 15.5 Å². The predicted molar refractivity (Wildman–Crippen MR) is 73.8 cm³/mol. The number of amides is 2. The van der Waals surface area contributed by atoms with Crippen molar-refractivity contribution in [1.82, 2.24) is 15.5 Å². The Morgan fingerprint density at radius 1 is 1.45 bits per heavy atom. The van der Waals surface area contributed by atoms with Crippen molar-refractivity contribution in [2.45, 2.75) is 43.8 Å². The second kappa shape index (κ2) is 6.08. The van der Waals surface area contributed by atoms with Gasteiger partial charge >= 0.3 is 0 Å². The molecule has 0 bridgehead atoms. The Kier molecular flexibility index (Phi) is 4.43. The van der Waals surface area contributed by atoms with E-state index in [1.54, 1.807) is 0 Å². The average molecular weight is 282 g/mol. The number of carbonyl (C=O) groups is 2. The van der Waals surface area contributed by atoms with Crippen LogP contribution in [0.25, 0.3) is 0 Å². The topological polar surface area (TPSA) is 137 Å². The van der Waals surface area contributed by atoms with E-state index >= 15 is 0 Å². The van der Waals surface area contributed by atoms with E-state index in [9.17, 15) is 9.59 Å². The number of piperazine rings is 1. The van der Waals surface area contributed by atoms with E-state index in [1.807, 2.05) is 0 Å². The number of guanidine groups is 1. The van der Waals surface area contributed by atoms with Gasteiger partial charge in [0, 0.05) is 19.1 Å². The molecule has 1 heterocycles. The third-order valence-electron chi connectivity index (χ3n) is 3.74. The lowest BCUT2D eigenvalue weighted by molar-refractivity contribution is -0.136. The van der Waals surface area contributed by atoms with Crippen molar-refractivity contribution < 1.29 is 9.59 Å². The van der Waals surface area contributed by atoms with E-state index < -0.39 is 11.9 Å². The largest absolute Gasteiger partial charge is 0.370 e. The fourth-order valence-electron chi connectivity index (χ4n) is 2.59. The molecule has 0 aromatic carbocycles. The van der Waals surface area contributed by atoms with Crippen molar-refractivity contribution >= 4 is 17.8 Å². The molecule has 0 unspecified atom stereocenters. The summed E-state index contributed by atoms with van der Waals surface area (Å²) in [5.41, 5.74) is 10.5. The minimum atomic E-state index is -0.588. The molecule has 0 aromatic heterocycles. The quantitative estimate of drug-likeness (QED) is 0.219. The molecule has 112 valence electrons. The predicted octanol–water partition coefficient (Wildman–Crippen LogP) is -1.93. The molecule has 1 saturated heterocycles. The molecule has 7 N–H and O–H groups in total. The molecule has 8 heteroatoms. The highest BCUT2D eigenvalue weighted by Gasteiger charge is 2.43. The van der Waals surface area contributed by atoms with E-state index in [4.69, 9.17) is 16.9 Å². The monoisotopic (exact) mass is 282 g/mol. The second-order valence-electron chi connectivity index (χ2n) is 5.39. The summed E-state index contributed by atoms with van der Waals surface area (Å²) in [6.45, 7) is 1.06. The highest BCUT2D eigenvalue weighted by molar-refractivity contribution is 5.90. The van der Waals surface area contributed by atoms with Crippen molar-refractivity contribution in [1.29, 1.82) is 5.41 Å². The van der Waals surface area contributed by atoms with Gasteiger partial charge in [0.2, 0.25) is 11.8 Å². The molecule has 2 fully saturated rings. The van der Waals surface area contributed by atoms with Gasteiger partial charge in [-0.25, -0.2) is 0 Å². The summed E-state index contributed by atoms with van der Waals surface area (Å²) in [6.07, 6.45) is 3.55. The highest BCUT2D eigenvalue weighted by Crippen LogP contribution is 2.31. The minimum Gasteiger partial charge on any atom is -0.370 e. The smallest absolute Gasteiger partial charge is 0.241 e. The summed E-state index contributed by atoms with van der Waals surface area (Å²) in [4.78, 5) is 25.5. The van der Waals surface area contributed by atoms with E-state index in [0.29, 0.717) is 25.6 Å². The number of nitrogens with zero attached hydrogens (tertiary/aromatic N) is 1. The number of rotatable bonds is 6. The lowest BCUT2D eigenvalue weighted by Gasteiger charge is -2.38. The van der Waals surface area contributed by atoms with Crippen LogP contribution in [0.2, 0.25) is 0 Å². The Balaban J connectivity index is 1.90. The van der Waals surface area contributed by atoms with Crippen molar-refractivity contribution in [2.24, 2.45) is 11.5 Å². The van der Waals surface area contributed by atoms with Gasteiger partial charge in [-0.15, -0.1) is 0 Å². The Bertz CT molecular complexity index is 409. The van der Waals surface area contributed by atoms with Gasteiger partial charge < -0.3 is 22.1 Å². The Hall–Kier alpha value is -1.83.